The van der Waals surface area contributed by atoms with Gasteiger partial charge in [0.1, 0.15) is 0 Å². The van der Waals surface area contributed by atoms with Gasteiger partial charge in [0, 0.05) is 32.1 Å². The number of ether oxygens (including phenoxy) is 3. The van der Waals surface area contributed by atoms with Gasteiger partial charge in [-0.1, -0.05) is 67.5 Å². The molecule has 0 radical (unpaired) electrons. The quantitative estimate of drug-likeness (QED) is 0.0746. The zero-order valence-electron chi connectivity index (χ0n) is 23.8. The SMILES string of the molecule is C#CCC(CC#C)COC(=O)OC(C)OC(=O)CCC/C=C\C.C(=C\C1CCCC1)/CCCc1ccccc1. The van der Waals surface area contributed by atoms with Crippen LogP contribution in [-0.2, 0) is 25.4 Å². The highest BCUT2D eigenvalue weighted by atomic mass is 16.8. The maximum Gasteiger partial charge on any atom is 0.511 e. The van der Waals surface area contributed by atoms with Crippen molar-refractivity contribution in [1.82, 2.24) is 0 Å². The van der Waals surface area contributed by atoms with Gasteiger partial charge in [0.15, 0.2) is 0 Å². The Balaban J connectivity index is 0.000000412. The Hall–Kier alpha value is -3.44. The first kappa shape index (κ1) is 33.6. The van der Waals surface area contributed by atoms with Crippen LogP contribution in [0.5, 0.6) is 0 Å². The van der Waals surface area contributed by atoms with E-state index in [-0.39, 0.29) is 18.9 Å². The monoisotopic (exact) mass is 534 g/mol. The maximum atomic E-state index is 11.5. The highest BCUT2D eigenvalue weighted by Gasteiger charge is 2.17. The summed E-state index contributed by atoms with van der Waals surface area (Å²) in [6.45, 7) is 3.43. The number of aryl methyl sites for hydroxylation is 1. The number of hydrogen-bond donors (Lipinski definition) is 0. The summed E-state index contributed by atoms with van der Waals surface area (Å²) in [5.41, 5.74) is 1.47. The molecule has 0 spiro atoms. The topological polar surface area (TPSA) is 61.8 Å². The van der Waals surface area contributed by atoms with E-state index in [0.29, 0.717) is 19.3 Å². The minimum atomic E-state index is -1.00. The molecule has 0 heterocycles. The lowest BCUT2D eigenvalue weighted by atomic mass is 10.0. The Labute approximate surface area is 236 Å². The van der Waals surface area contributed by atoms with Crippen LogP contribution >= 0.6 is 0 Å². The van der Waals surface area contributed by atoms with Crippen molar-refractivity contribution in [2.24, 2.45) is 11.8 Å². The predicted octanol–water partition coefficient (Wildman–Crippen LogP) is 8.19. The second-order valence-corrected chi connectivity index (χ2v) is 9.73. The van der Waals surface area contributed by atoms with Gasteiger partial charge in [-0.3, -0.25) is 4.79 Å². The van der Waals surface area contributed by atoms with Crippen LogP contribution in [0, 0.1) is 36.5 Å². The molecule has 0 saturated heterocycles. The number of terminal acetylenes is 2. The lowest BCUT2D eigenvalue weighted by Crippen LogP contribution is -2.23. The average molecular weight is 535 g/mol. The number of benzene rings is 1. The van der Waals surface area contributed by atoms with Crippen molar-refractivity contribution in [1.29, 1.82) is 0 Å². The van der Waals surface area contributed by atoms with Gasteiger partial charge in [-0.05, 0) is 63.4 Å². The van der Waals surface area contributed by atoms with Crippen molar-refractivity contribution in [2.45, 2.75) is 97.2 Å². The van der Waals surface area contributed by atoms with Crippen molar-refractivity contribution in [3.63, 3.8) is 0 Å². The number of rotatable bonds is 15. The van der Waals surface area contributed by atoms with E-state index in [9.17, 15) is 9.59 Å². The summed E-state index contributed by atoms with van der Waals surface area (Å²) in [7, 11) is 0. The van der Waals surface area contributed by atoms with Crippen molar-refractivity contribution >= 4 is 12.1 Å². The van der Waals surface area contributed by atoms with E-state index in [0.717, 1.165) is 12.3 Å². The number of esters is 1. The molecule has 5 nitrogen and oxygen atoms in total. The molecule has 1 atom stereocenters. The molecule has 0 aliphatic heterocycles. The van der Waals surface area contributed by atoms with Crippen molar-refractivity contribution in [3.05, 3.63) is 60.2 Å². The van der Waals surface area contributed by atoms with Gasteiger partial charge in [0.05, 0.1) is 6.61 Å². The zero-order valence-corrected chi connectivity index (χ0v) is 23.8. The summed E-state index contributed by atoms with van der Waals surface area (Å²) in [4.78, 5) is 23.0. The lowest BCUT2D eigenvalue weighted by molar-refractivity contribution is -0.168. The lowest BCUT2D eigenvalue weighted by Gasteiger charge is -2.15. The molecule has 1 aromatic rings. The Morgan fingerprint density at radius 1 is 1.00 bits per heavy atom. The third-order valence-corrected chi connectivity index (χ3v) is 6.28. The number of allylic oxidation sites excluding steroid dienone is 4. The molecule has 0 aromatic heterocycles. The summed E-state index contributed by atoms with van der Waals surface area (Å²) in [6, 6.07) is 10.8. The van der Waals surface area contributed by atoms with Crippen LogP contribution in [0.1, 0.15) is 90.0 Å². The van der Waals surface area contributed by atoms with Crippen LogP contribution < -0.4 is 0 Å². The van der Waals surface area contributed by atoms with E-state index in [1.165, 1.54) is 57.4 Å². The predicted molar refractivity (Wildman–Crippen MR) is 158 cm³/mol. The minimum Gasteiger partial charge on any atom is -0.434 e. The van der Waals surface area contributed by atoms with E-state index in [2.05, 4.69) is 54.3 Å². The molecular weight excluding hydrogens is 488 g/mol. The molecular formula is C34H46O5. The molecule has 1 aromatic carbocycles. The van der Waals surface area contributed by atoms with Crippen molar-refractivity contribution in [2.75, 3.05) is 6.61 Å². The molecule has 1 aliphatic rings. The van der Waals surface area contributed by atoms with E-state index >= 15 is 0 Å². The Morgan fingerprint density at radius 3 is 2.31 bits per heavy atom. The average Bonchev–Trinajstić information content (AvgIpc) is 3.44. The third kappa shape index (κ3) is 18.5. The van der Waals surface area contributed by atoms with E-state index < -0.39 is 18.4 Å². The van der Waals surface area contributed by atoms with E-state index in [1.54, 1.807) is 0 Å². The fourth-order valence-electron chi connectivity index (χ4n) is 4.19. The first-order valence-electron chi connectivity index (χ1n) is 14.2. The molecule has 1 fully saturated rings. The molecule has 0 N–H and O–H groups in total. The van der Waals surface area contributed by atoms with Crippen molar-refractivity contribution in [3.8, 4) is 24.7 Å². The van der Waals surface area contributed by atoms with Gasteiger partial charge in [-0.2, -0.15) is 0 Å². The highest BCUT2D eigenvalue weighted by molar-refractivity contribution is 5.69. The molecule has 1 aliphatic carbocycles. The Kier molecular flexibility index (Phi) is 19.4. The van der Waals surface area contributed by atoms with Gasteiger partial charge in [0.25, 0.3) is 0 Å². The zero-order chi connectivity index (χ0) is 28.6. The fourth-order valence-corrected chi connectivity index (χ4v) is 4.19. The molecule has 5 heteroatoms. The summed E-state index contributed by atoms with van der Waals surface area (Å²) in [5, 5.41) is 0. The molecule has 2 rings (SSSR count). The summed E-state index contributed by atoms with van der Waals surface area (Å²) >= 11 is 0. The summed E-state index contributed by atoms with van der Waals surface area (Å²) in [5.74, 6) is 5.31. The third-order valence-electron chi connectivity index (χ3n) is 6.28. The highest BCUT2D eigenvalue weighted by Crippen LogP contribution is 2.25. The second kappa shape index (κ2) is 22.5. The summed E-state index contributed by atoms with van der Waals surface area (Å²) in [6.07, 6.45) is 29.3. The van der Waals surface area contributed by atoms with Gasteiger partial charge in [-0.25, -0.2) is 4.79 Å². The number of hydrogen-bond acceptors (Lipinski definition) is 5. The van der Waals surface area contributed by atoms with Gasteiger partial charge < -0.3 is 14.2 Å². The largest absolute Gasteiger partial charge is 0.511 e. The maximum absolute atomic E-state index is 11.5. The van der Waals surface area contributed by atoms with Gasteiger partial charge in [-0.15, -0.1) is 24.7 Å². The smallest absolute Gasteiger partial charge is 0.434 e. The normalized spacial score (nSPS) is 13.9. The number of unbranched alkanes of at least 4 members (excludes halogenated alkanes) is 2. The van der Waals surface area contributed by atoms with E-state index in [1.807, 2.05) is 19.1 Å². The first-order valence-corrected chi connectivity index (χ1v) is 14.2. The Bertz CT molecular complexity index is 913. The second-order valence-electron chi connectivity index (χ2n) is 9.73. The number of carbonyl (C=O) groups excluding carboxylic acids is 2. The van der Waals surface area contributed by atoms with Crippen LogP contribution in [0.4, 0.5) is 4.79 Å². The fraction of sp³-hybridized carbons (Fsp3) is 0.529. The molecule has 39 heavy (non-hydrogen) atoms. The molecule has 212 valence electrons. The first-order chi connectivity index (χ1) is 19.0. The Morgan fingerprint density at radius 2 is 1.67 bits per heavy atom. The van der Waals surface area contributed by atoms with Crippen LogP contribution in [0.15, 0.2) is 54.6 Å². The minimum absolute atomic E-state index is 0.0667. The van der Waals surface area contributed by atoms with Gasteiger partial charge >= 0.3 is 12.1 Å². The van der Waals surface area contributed by atoms with E-state index in [4.69, 9.17) is 27.1 Å². The standard InChI is InChI=1S/C18H24O5.C16H22/c1-5-8-9-10-13-17(19)22-15(4)23-18(20)21-14-16(11-6-2)12-7-3;1-3-9-15(10-4-1)11-5-2-6-12-16-13-7-8-14-16/h2-3,5,8,15-16H,9-14H2,1,4H3;1,3-4,6,9-10,12,16H,2,5,7-8,11,13-14H2/b8-5-;12-6+. The molecule has 1 saturated carbocycles. The van der Waals surface area contributed by atoms with Crippen LogP contribution in [0.25, 0.3) is 0 Å². The van der Waals surface area contributed by atoms with Crippen LogP contribution in [-0.4, -0.2) is 25.0 Å². The molecule has 0 amide bonds. The van der Waals surface area contributed by atoms with Gasteiger partial charge in [0.2, 0.25) is 6.29 Å². The van der Waals surface area contributed by atoms with Crippen LogP contribution in [0.2, 0.25) is 0 Å². The van der Waals surface area contributed by atoms with Crippen LogP contribution in [0.3, 0.4) is 0 Å². The van der Waals surface area contributed by atoms with Crippen molar-refractivity contribution < 1.29 is 23.8 Å². The number of carbonyl (C=O) groups is 2. The molecule has 0 bridgehead atoms. The molecule has 1 unspecified atom stereocenters. The summed E-state index contributed by atoms with van der Waals surface area (Å²) < 4.78 is 14.7.